The molecule has 0 aliphatic heterocycles. The minimum Gasteiger partial charge on any atom is -0.462 e. The number of hydrogen-bond donors (Lipinski definition) is 1. The molecule has 0 aliphatic rings. The van der Waals surface area contributed by atoms with E-state index in [0.29, 0.717) is 11.1 Å². The molecule has 2 rings (SSSR count). The molecule has 1 N–H and O–H groups in total. The lowest BCUT2D eigenvalue weighted by molar-refractivity contribution is 0.0519. The summed E-state index contributed by atoms with van der Waals surface area (Å²) in [5.74, 6) is -0.960. The average molecular weight is 301 g/mol. The normalized spacial score (nSPS) is 10.3. The zero-order valence-electron chi connectivity index (χ0n) is 12.9. The highest BCUT2D eigenvalue weighted by atomic mass is 16.5. The maximum atomic E-state index is 12.1. The molecule has 22 heavy (non-hydrogen) atoms. The molecule has 0 fully saturated rings. The van der Waals surface area contributed by atoms with Gasteiger partial charge in [-0.2, -0.15) is 0 Å². The SMILES string of the molecule is CCOC(=O)c1c[nH]c(C(=O)OCC)c1-c1ccc(C)cc1. The Kier molecular flexibility index (Phi) is 4.99. The molecule has 0 unspecified atom stereocenters. The Morgan fingerprint density at radius 3 is 2.18 bits per heavy atom. The van der Waals surface area contributed by atoms with Crippen molar-refractivity contribution in [3.8, 4) is 11.1 Å². The van der Waals surface area contributed by atoms with Gasteiger partial charge >= 0.3 is 11.9 Å². The number of nitrogens with one attached hydrogen (secondary N) is 1. The first-order chi connectivity index (χ1) is 10.6. The Bertz CT molecular complexity index is 635. The minimum absolute atomic E-state index is 0.258. The summed E-state index contributed by atoms with van der Waals surface area (Å²) in [6.45, 7) is 5.98. The van der Waals surface area contributed by atoms with Crippen molar-refractivity contribution in [2.45, 2.75) is 20.8 Å². The van der Waals surface area contributed by atoms with Crippen molar-refractivity contribution < 1.29 is 19.1 Å². The van der Waals surface area contributed by atoms with Gasteiger partial charge in [-0.1, -0.05) is 29.8 Å². The molecule has 0 aliphatic carbocycles. The van der Waals surface area contributed by atoms with Gasteiger partial charge in [-0.25, -0.2) is 9.59 Å². The second kappa shape index (κ2) is 6.93. The summed E-state index contributed by atoms with van der Waals surface area (Å²) in [5.41, 5.74) is 2.95. The number of rotatable bonds is 5. The maximum Gasteiger partial charge on any atom is 0.355 e. The lowest BCUT2D eigenvalue weighted by atomic mass is 10.0. The van der Waals surface area contributed by atoms with Gasteiger partial charge in [0.2, 0.25) is 0 Å². The number of aromatic amines is 1. The van der Waals surface area contributed by atoms with Gasteiger partial charge in [-0.05, 0) is 26.3 Å². The summed E-state index contributed by atoms with van der Waals surface area (Å²) in [5, 5.41) is 0. The number of ether oxygens (including phenoxy) is 2. The number of aromatic nitrogens is 1. The van der Waals surface area contributed by atoms with Gasteiger partial charge in [-0.3, -0.25) is 0 Å². The topological polar surface area (TPSA) is 68.4 Å². The minimum atomic E-state index is -0.492. The Hall–Kier alpha value is -2.56. The second-order valence-corrected chi connectivity index (χ2v) is 4.76. The van der Waals surface area contributed by atoms with Gasteiger partial charge in [-0.15, -0.1) is 0 Å². The highest BCUT2D eigenvalue weighted by Gasteiger charge is 2.24. The van der Waals surface area contributed by atoms with Crippen LogP contribution in [0.15, 0.2) is 30.5 Å². The first-order valence-corrected chi connectivity index (χ1v) is 7.21. The van der Waals surface area contributed by atoms with Crippen LogP contribution in [0.3, 0.4) is 0 Å². The van der Waals surface area contributed by atoms with Crippen LogP contribution in [0.1, 0.15) is 40.3 Å². The summed E-state index contributed by atoms with van der Waals surface area (Å²) in [6, 6.07) is 7.58. The van der Waals surface area contributed by atoms with Gasteiger partial charge in [0.1, 0.15) is 5.69 Å². The fourth-order valence-electron chi connectivity index (χ4n) is 2.18. The van der Waals surface area contributed by atoms with E-state index in [0.717, 1.165) is 11.1 Å². The molecular weight excluding hydrogens is 282 g/mol. The van der Waals surface area contributed by atoms with Crippen LogP contribution in [-0.2, 0) is 9.47 Å². The van der Waals surface area contributed by atoms with Crippen molar-refractivity contribution in [2.24, 2.45) is 0 Å². The van der Waals surface area contributed by atoms with Crippen LogP contribution in [0.2, 0.25) is 0 Å². The van der Waals surface area contributed by atoms with Crippen LogP contribution < -0.4 is 0 Å². The van der Waals surface area contributed by atoms with Crippen molar-refractivity contribution in [1.82, 2.24) is 4.98 Å². The predicted molar refractivity (Wildman–Crippen MR) is 82.9 cm³/mol. The lowest BCUT2D eigenvalue weighted by Crippen LogP contribution is -2.09. The van der Waals surface area contributed by atoms with Crippen LogP contribution in [-0.4, -0.2) is 30.1 Å². The molecule has 2 aromatic rings. The van der Waals surface area contributed by atoms with Crippen molar-refractivity contribution in [3.63, 3.8) is 0 Å². The standard InChI is InChI=1S/C17H19NO4/c1-4-21-16(19)13-10-18-15(17(20)22-5-2)14(13)12-8-6-11(3)7-9-12/h6-10,18H,4-5H2,1-3H3. The van der Waals surface area contributed by atoms with Crippen molar-refractivity contribution in [2.75, 3.05) is 13.2 Å². The van der Waals surface area contributed by atoms with Crippen molar-refractivity contribution >= 4 is 11.9 Å². The third-order valence-corrected chi connectivity index (χ3v) is 3.20. The fourth-order valence-corrected chi connectivity index (χ4v) is 2.18. The number of hydrogen-bond acceptors (Lipinski definition) is 4. The van der Waals surface area contributed by atoms with E-state index in [2.05, 4.69) is 4.98 Å². The van der Waals surface area contributed by atoms with E-state index in [1.54, 1.807) is 13.8 Å². The van der Waals surface area contributed by atoms with Gasteiger partial charge in [0.05, 0.1) is 18.8 Å². The summed E-state index contributed by atoms with van der Waals surface area (Å²) < 4.78 is 10.1. The molecule has 0 saturated carbocycles. The highest BCUT2D eigenvalue weighted by Crippen LogP contribution is 2.29. The molecular formula is C17H19NO4. The van der Waals surface area contributed by atoms with E-state index in [9.17, 15) is 9.59 Å². The molecule has 0 amide bonds. The first kappa shape index (κ1) is 15.8. The second-order valence-electron chi connectivity index (χ2n) is 4.76. The zero-order chi connectivity index (χ0) is 16.1. The molecule has 1 aromatic heterocycles. The number of aryl methyl sites for hydroxylation is 1. The largest absolute Gasteiger partial charge is 0.462 e. The first-order valence-electron chi connectivity index (χ1n) is 7.21. The van der Waals surface area contributed by atoms with E-state index in [4.69, 9.17) is 9.47 Å². The fraction of sp³-hybridized carbons (Fsp3) is 0.294. The molecule has 0 bridgehead atoms. The summed E-state index contributed by atoms with van der Waals surface area (Å²) in [6.07, 6.45) is 1.49. The van der Waals surface area contributed by atoms with E-state index < -0.39 is 11.9 Å². The predicted octanol–water partition coefficient (Wildman–Crippen LogP) is 3.34. The summed E-state index contributed by atoms with van der Waals surface area (Å²) in [4.78, 5) is 27.0. The molecule has 5 nitrogen and oxygen atoms in total. The monoisotopic (exact) mass is 301 g/mol. The maximum absolute atomic E-state index is 12.1. The van der Waals surface area contributed by atoms with E-state index in [-0.39, 0.29) is 18.9 Å². The number of esters is 2. The van der Waals surface area contributed by atoms with Gasteiger partial charge in [0.25, 0.3) is 0 Å². The van der Waals surface area contributed by atoms with E-state index >= 15 is 0 Å². The number of carbonyl (C=O) groups is 2. The van der Waals surface area contributed by atoms with Crippen LogP contribution >= 0.6 is 0 Å². The third-order valence-electron chi connectivity index (χ3n) is 3.20. The molecule has 116 valence electrons. The van der Waals surface area contributed by atoms with E-state index in [1.165, 1.54) is 6.20 Å². The highest BCUT2D eigenvalue weighted by molar-refractivity contribution is 6.05. The molecule has 0 spiro atoms. The molecule has 0 saturated heterocycles. The average Bonchev–Trinajstić information content (AvgIpc) is 2.93. The number of H-pyrrole nitrogens is 1. The molecule has 1 aromatic carbocycles. The summed E-state index contributed by atoms with van der Waals surface area (Å²) >= 11 is 0. The van der Waals surface area contributed by atoms with Gasteiger partial charge in [0, 0.05) is 11.8 Å². The molecule has 0 radical (unpaired) electrons. The van der Waals surface area contributed by atoms with Crippen molar-refractivity contribution in [1.29, 1.82) is 0 Å². The number of carbonyl (C=O) groups excluding carboxylic acids is 2. The van der Waals surface area contributed by atoms with Crippen molar-refractivity contribution in [3.05, 3.63) is 47.3 Å². The Balaban J connectivity index is 2.54. The summed E-state index contributed by atoms with van der Waals surface area (Å²) in [7, 11) is 0. The van der Waals surface area contributed by atoms with Crippen LogP contribution in [0.4, 0.5) is 0 Å². The quantitative estimate of drug-likeness (QED) is 0.860. The smallest absolute Gasteiger partial charge is 0.355 e. The zero-order valence-corrected chi connectivity index (χ0v) is 12.9. The Morgan fingerprint density at radius 1 is 1.00 bits per heavy atom. The van der Waals surface area contributed by atoms with Crippen LogP contribution in [0.25, 0.3) is 11.1 Å². The molecule has 0 atom stereocenters. The Morgan fingerprint density at radius 2 is 1.59 bits per heavy atom. The number of benzene rings is 1. The van der Waals surface area contributed by atoms with E-state index in [1.807, 2.05) is 31.2 Å². The van der Waals surface area contributed by atoms with Crippen LogP contribution in [0.5, 0.6) is 0 Å². The van der Waals surface area contributed by atoms with Crippen LogP contribution in [0, 0.1) is 6.92 Å². The lowest BCUT2D eigenvalue weighted by Gasteiger charge is -2.08. The van der Waals surface area contributed by atoms with Gasteiger partial charge < -0.3 is 14.5 Å². The third kappa shape index (κ3) is 3.19. The Labute approximate surface area is 129 Å². The molecule has 5 heteroatoms. The molecule has 1 heterocycles. The van der Waals surface area contributed by atoms with Gasteiger partial charge in [0.15, 0.2) is 0 Å².